The average Bonchev–Trinajstić information content (AvgIpc) is 2.45. The fourth-order valence-corrected chi connectivity index (χ4v) is 1.12. The summed E-state index contributed by atoms with van der Waals surface area (Å²) in [5.41, 5.74) is 1.81. The smallest absolute Gasteiger partial charge is 0.322 e. The van der Waals surface area contributed by atoms with Crippen LogP contribution in [0.5, 0.6) is 0 Å². The lowest BCUT2D eigenvalue weighted by Crippen LogP contribution is -2.41. The standard InChI is InChI=1S/C6H8N4O/c1-10-5-3-8-9-4(5)2-7-6(10)11/h3H,2H2,1H3,(H,7,11)(H,8,9). The Morgan fingerprint density at radius 3 is 3.36 bits per heavy atom. The van der Waals surface area contributed by atoms with Gasteiger partial charge in [-0.25, -0.2) is 4.79 Å². The zero-order valence-electron chi connectivity index (χ0n) is 6.09. The average molecular weight is 152 g/mol. The van der Waals surface area contributed by atoms with Crippen molar-refractivity contribution in [1.82, 2.24) is 15.5 Å². The number of amides is 2. The minimum absolute atomic E-state index is 0.0844. The number of anilines is 1. The fourth-order valence-electron chi connectivity index (χ4n) is 1.12. The second-order valence-electron chi connectivity index (χ2n) is 2.45. The zero-order chi connectivity index (χ0) is 7.84. The highest BCUT2D eigenvalue weighted by molar-refractivity contribution is 5.93. The van der Waals surface area contributed by atoms with Gasteiger partial charge < -0.3 is 5.32 Å². The van der Waals surface area contributed by atoms with Gasteiger partial charge in [-0.05, 0) is 0 Å². The monoisotopic (exact) mass is 152 g/mol. The Hall–Kier alpha value is -1.52. The summed E-state index contributed by atoms with van der Waals surface area (Å²) in [5, 5.41) is 9.32. The lowest BCUT2D eigenvalue weighted by Gasteiger charge is -2.22. The molecule has 2 heterocycles. The van der Waals surface area contributed by atoms with E-state index in [0.717, 1.165) is 11.4 Å². The van der Waals surface area contributed by atoms with Crippen molar-refractivity contribution in [3.05, 3.63) is 11.9 Å². The van der Waals surface area contributed by atoms with E-state index in [4.69, 9.17) is 0 Å². The molecule has 1 aliphatic rings. The van der Waals surface area contributed by atoms with Crippen LogP contribution in [0.4, 0.5) is 10.5 Å². The van der Waals surface area contributed by atoms with Crippen LogP contribution in [-0.2, 0) is 6.54 Å². The van der Waals surface area contributed by atoms with Gasteiger partial charge in [0, 0.05) is 7.05 Å². The molecule has 2 rings (SSSR count). The van der Waals surface area contributed by atoms with Crippen LogP contribution in [0.1, 0.15) is 5.69 Å². The summed E-state index contributed by atoms with van der Waals surface area (Å²) in [5.74, 6) is 0. The highest BCUT2D eigenvalue weighted by Gasteiger charge is 2.20. The number of aromatic amines is 1. The maximum atomic E-state index is 11.0. The topological polar surface area (TPSA) is 61.0 Å². The Kier molecular flexibility index (Phi) is 1.12. The largest absolute Gasteiger partial charge is 0.332 e. The number of carbonyl (C=O) groups excluding carboxylic acids is 1. The highest BCUT2D eigenvalue weighted by atomic mass is 16.2. The first-order valence-corrected chi connectivity index (χ1v) is 3.33. The number of hydrogen-bond acceptors (Lipinski definition) is 2. The number of H-pyrrole nitrogens is 1. The number of hydrogen-bond donors (Lipinski definition) is 2. The molecule has 1 aliphatic heterocycles. The molecule has 58 valence electrons. The predicted octanol–water partition coefficient (Wildman–Crippen LogP) is 0.0691. The lowest BCUT2D eigenvalue weighted by molar-refractivity contribution is 0.245. The first-order valence-electron chi connectivity index (χ1n) is 3.33. The minimum Gasteiger partial charge on any atom is -0.332 e. The normalized spacial score (nSPS) is 16.1. The minimum atomic E-state index is -0.0844. The second-order valence-corrected chi connectivity index (χ2v) is 2.45. The van der Waals surface area contributed by atoms with Crippen LogP contribution in [-0.4, -0.2) is 23.3 Å². The Balaban J connectivity index is 2.45. The van der Waals surface area contributed by atoms with Gasteiger partial charge >= 0.3 is 6.03 Å². The maximum Gasteiger partial charge on any atom is 0.322 e. The van der Waals surface area contributed by atoms with Crippen LogP contribution in [0.25, 0.3) is 0 Å². The first-order chi connectivity index (χ1) is 5.29. The number of nitrogens with one attached hydrogen (secondary N) is 2. The molecule has 0 aromatic carbocycles. The van der Waals surface area contributed by atoms with Crippen molar-refractivity contribution >= 4 is 11.7 Å². The molecule has 0 unspecified atom stereocenters. The van der Waals surface area contributed by atoms with Crippen LogP contribution in [0.15, 0.2) is 6.20 Å². The van der Waals surface area contributed by atoms with E-state index in [0.29, 0.717) is 6.54 Å². The van der Waals surface area contributed by atoms with E-state index in [1.807, 2.05) is 0 Å². The van der Waals surface area contributed by atoms with E-state index in [9.17, 15) is 4.79 Å². The van der Waals surface area contributed by atoms with Crippen LogP contribution >= 0.6 is 0 Å². The molecule has 2 amide bonds. The van der Waals surface area contributed by atoms with Crippen molar-refractivity contribution in [2.75, 3.05) is 11.9 Å². The quantitative estimate of drug-likeness (QED) is 0.552. The van der Waals surface area contributed by atoms with Crippen molar-refractivity contribution < 1.29 is 4.79 Å². The summed E-state index contributed by atoms with van der Waals surface area (Å²) in [6.45, 7) is 0.540. The molecule has 0 bridgehead atoms. The van der Waals surface area contributed by atoms with Gasteiger partial charge in [-0.15, -0.1) is 0 Å². The molecule has 0 saturated carbocycles. The molecule has 0 radical (unpaired) electrons. The second kappa shape index (κ2) is 1.98. The third-order valence-corrected chi connectivity index (χ3v) is 1.78. The number of fused-ring (bicyclic) bond motifs is 1. The molecular formula is C6H8N4O. The van der Waals surface area contributed by atoms with E-state index < -0.39 is 0 Å². The zero-order valence-corrected chi connectivity index (χ0v) is 6.09. The Bertz CT molecular complexity index is 293. The van der Waals surface area contributed by atoms with Crippen LogP contribution in [0, 0.1) is 0 Å². The molecule has 1 aromatic heterocycles. The van der Waals surface area contributed by atoms with Gasteiger partial charge in [0.25, 0.3) is 0 Å². The Morgan fingerprint density at radius 1 is 1.73 bits per heavy atom. The van der Waals surface area contributed by atoms with E-state index in [-0.39, 0.29) is 6.03 Å². The number of nitrogens with zero attached hydrogens (tertiary/aromatic N) is 2. The van der Waals surface area contributed by atoms with E-state index in [1.165, 1.54) is 4.90 Å². The Morgan fingerprint density at radius 2 is 2.55 bits per heavy atom. The van der Waals surface area contributed by atoms with Crippen molar-refractivity contribution in [3.8, 4) is 0 Å². The van der Waals surface area contributed by atoms with Gasteiger partial charge in [-0.2, -0.15) is 5.10 Å². The van der Waals surface area contributed by atoms with Gasteiger partial charge in [-0.1, -0.05) is 0 Å². The summed E-state index contributed by atoms with van der Waals surface area (Å²) < 4.78 is 0. The van der Waals surface area contributed by atoms with Gasteiger partial charge in [0.1, 0.15) is 0 Å². The summed E-state index contributed by atoms with van der Waals surface area (Å²) >= 11 is 0. The van der Waals surface area contributed by atoms with Gasteiger partial charge in [-0.3, -0.25) is 10.00 Å². The maximum absolute atomic E-state index is 11.0. The molecule has 2 N–H and O–H groups in total. The third-order valence-electron chi connectivity index (χ3n) is 1.78. The third kappa shape index (κ3) is 0.772. The van der Waals surface area contributed by atoms with Crippen LogP contribution < -0.4 is 10.2 Å². The van der Waals surface area contributed by atoms with Gasteiger partial charge in [0.15, 0.2) is 0 Å². The number of carbonyl (C=O) groups is 1. The molecule has 5 nitrogen and oxygen atoms in total. The molecule has 11 heavy (non-hydrogen) atoms. The molecule has 0 aliphatic carbocycles. The van der Waals surface area contributed by atoms with Crippen molar-refractivity contribution in [2.45, 2.75) is 6.54 Å². The highest BCUT2D eigenvalue weighted by Crippen LogP contribution is 2.19. The van der Waals surface area contributed by atoms with E-state index in [1.54, 1.807) is 13.2 Å². The van der Waals surface area contributed by atoms with Gasteiger partial charge in [0.2, 0.25) is 0 Å². The predicted molar refractivity (Wildman–Crippen MR) is 39.2 cm³/mol. The van der Waals surface area contributed by atoms with Gasteiger partial charge in [0.05, 0.1) is 24.1 Å². The summed E-state index contributed by atoms with van der Waals surface area (Å²) in [6, 6.07) is -0.0844. The molecule has 0 spiro atoms. The van der Waals surface area contributed by atoms with E-state index in [2.05, 4.69) is 15.5 Å². The van der Waals surface area contributed by atoms with Crippen molar-refractivity contribution in [3.63, 3.8) is 0 Å². The number of rotatable bonds is 0. The van der Waals surface area contributed by atoms with Crippen molar-refractivity contribution in [1.29, 1.82) is 0 Å². The lowest BCUT2D eigenvalue weighted by atomic mass is 10.3. The molecular weight excluding hydrogens is 144 g/mol. The SMILES string of the molecule is CN1C(=O)NCc2[nH]ncc21. The Labute approximate surface area is 63.4 Å². The molecule has 0 fully saturated rings. The van der Waals surface area contributed by atoms with Crippen molar-refractivity contribution in [2.24, 2.45) is 0 Å². The summed E-state index contributed by atoms with van der Waals surface area (Å²) in [7, 11) is 1.71. The van der Waals surface area contributed by atoms with E-state index >= 15 is 0 Å². The van der Waals surface area contributed by atoms with Crippen LogP contribution in [0.3, 0.4) is 0 Å². The molecule has 1 aromatic rings. The first kappa shape index (κ1) is 6.21. The molecule has 5 heteroatoms. The molecule has 0 atom stereocenters. The number of urea groups is 1. The number of aromatic nitrogens is 2. The summed E-state index contributed by atoms with van der Waals surface area (Å²) in [4.78, 5) is 12.6. The fraction of sp³-hybridized carbons (Fsp3) is 0.333. The molecule has 0 saturated heterocycles. The van der Waals surface area contributed by atoms with Crippen LogP contribution in [0.2, 0.25) is 0 Å². The summed E-state index contributed by atoms with van der Waals surface area (Å²) in [6.07, 6.45) is 1.65.